The Morgan fingerprint density at radius 2 is 2.14 bits per heavy atom. The van der Waals surface area contributed by atoms with Gasteiger partial charge in [0.25, 0.3) is 0 Å². The maximum Gasteiger partial charge on any atom is 0.237 e. The summed E-state index contributed by atoms with van der Waals surface area (Å²) in [5, 5.41) is 3.53. The number of amides is 1. The summed E-state index contributed by atoms with van der Waals surface area (Å²) in [6, 6.07) is 8.09. The molecule has 21 heavy (non-hydrogen) atoms. The Hall–Kier alpha value is -2.53. The maximum atomic E-state index is 12.5. The lowest BCUT2D eigenvalue weighted by molar-refractivity contribution is -0.122. The largest absolute Gasteiger partial charge is 0.341 e. The molecule has 2 atom stereocenters. The second kappa shape index (κ2) is 5.10. The van der Waals surface area contributed by atoms with Gasteiger partial charge in [-0.05, 0) is 25.1 Å². The first-order chi connectivity index (χ1) is 10.1. The number of nitrogens with one attached hydrogen (secondary N) is 1. The van der Waals surface area contributed by atoms with Crippen molar-refractivity contribution in [1.29, 1.82) is 0 Å². The van der Waals surface area contributed by atoms with Crippen LogP contribution < -0.4 is 11.1 Å². The Morgan fingerprint density at radius 3 is 2.90 bits per heavy atom. The number of hydrogen-bond donors (Lipinski definition) is 2. The summed E-state index contributed by atoms with van der Waals surface area (Å²) in [7, 11) is 0. The highest BCUT2D eigenvalue weighted by atomic mass is 16.2. The molecule has 106 valence electrons. The van der Waals surface area contributed by atoms with Gasteiger partial charge >= 0.3 is 0 Å². The van der Waals surface area contributed by atoms with Crippen molar-refractivity contribution in [2.75, 3.05) is 0 Å². The molecule has 1 aliphatic rings. The summed E-state index contributed by atoms with van der Waals surface area (Å²) < 4.78 is 0. The number of benzene rings is 1. The summed E-state index contributed by atoms with van der Waals surface area (Å²) in [5.41, 5.74) is 7.50. The number of nitrogens with two attached hydrogens (primary N) is 1. The second-order valence-corrected chi connectivity index (χ2v) is 5.11. The van der Waals surface area contributed by atoms with Gasteiger partial charge in [-0.1, -0.05) is 24.3 Å². The Balaban J connectivity index is 1.98. The van der Waals surface area contributed by atoms with Crippen LogP contribution in [-0.2, 0) is 4.79 Å². The van der Waals surface area contributed by atoms with Crippen LogP contribution in [0.15, 0.2) is 36.4 Å². The van der Waals surface area contributed by atoms with Gasteiger partial charge < -0.3 is 11.1 Å². The number of para-hydroxylation sites is 1. The molecule has 1 aliphatic carbocycles. The van der Waals surface area contributed by atoms with Gasteiger partial charge in [-0.3, -0.25) is 9.59 Å². The van der Waals surface area contributed by atoms with Crippen LogP contribution in [0, 0.1) is 0 Å². The van der Waals surface area contributed by atoms with Crippen LogP contribution in [0.2, 0.25) is 0 Å². The molecule has 5 heteroatoms. The first-order valence-electron chi connectivity index (χ1n) is 6.74. The molecule has 0 saturated carbocycles. The van der Waals surface area contributed by atoms with Crippen LogP contribution in [0.5, 0.6) is 0 Å². The minimum Gasteiger partial charge on any atom is -0.341 e. The van der Waals surface area contributed by atoms with Crippen molar-refractivity contribution in [3.05, 3.63) is 47.7 Å². The fourth-order valence-electron chi connectivity index (χ4n) is 2.30. The third kappa shape index (κ3) is 2.43. The molecule has 1 heterocycles. The van der Waals surface area contributed by atoms with Crippen LogP contribution in [0.3, 0.4) is 0 Å². The maximum absolute atomic E-state index is 12.5. The molecule has 0 saturated heterocycles. The van der Waals surface area contributed by atoms with E-state index in [-0.39, 0.29) is 11.7 Å². The normalized spacial score (nSPS) is 18.4. The SMILES string of the molecule is C[C@H](N)C(=O)NC1C=Cc2nc3ccccc3cc2C1=O. The summed E-state index contributed by atoms with van der Waals surface area (Å²) >= 11 is 0. The Morgan fingerprint density at radius 1 is 1.38 bits per heavy atom. The Bertz CT molecular complexity index is 765. The van der Waals surface area contributed by atoms with Crippen molar-refractivity contribution >= 4 is 28.7 Å². The van der Waals surface area contributed by atoms with Crippen molar-refractivity contribution in [1.82, 2.24) is 10.3 Å². The average Bonchev–Trinajstić information content (AvgIpc) is 2.48. The van der Waals surface area contributed by atoms with Gasteiger partial charge in [0.2, 0.25) is 5.91 Å². The zero-order valence-corrected chi connectivity index (χ0v) is 11.5. The molecule has 1 unspecified atom stereocenters. The van der Waals surface area contributed by atoms with Crippen LogP contribution in [-0.4, -0.2) is 28.8 Å². The third-order valence-electron chi connectivity index (χ3n) is 3.46. The third-order valence-corrected chi connectivity index (χ3v) is 3.46. The zero-order valence-electron chi connectivity index (χ0n) is 11.5. The van der Waals surface area contributed by atoms with Crippen LogP contribution in [0.1, 0.15) is 23.0 Å². The van der Waals surface area contributed by atoms with Gasteiger partial charge in [0.15, 0.2) is 5.78 Å². The van der Waals surface area contributed by atoms with Crippen LogP contribution in [0.25, 0.3) is 17.0 Å². The second-order valence-electron chi connectivity index (χ2n) is 5.11. The number of nitrogens with zero attached hydrogens (tertiary/aromatic N) is 1. The van der Waals surface area contributed by atoms with E-state index in [2.05, 4.69) is 10.3 Å². The van der Waals surface area contributed by atoms with Gasteiger partial charge in [0, 0.05) is 10.9 Å². The monoisotopic (exact) mass is 281 g/mol. The topological polar surface area (TPSA) is 85.1 Å². The van der Waals surface area contributed by atoms with E-state index in [1.54, 1.807) is 19.1 Å². The predicted octanol–water partition coefficient (Wildman–Crippen LogP) is 1.28. The molecular weight excluding hydrogens is 266 g/mol. The molecule has 0 fully saturated rings. The molecule has 3 N–H and O–H groups in total. The number of Topliss-reactive ketones (excluding diaryl/α,β-unsaturated/α-hetero) is 1. The van der Waals surface area contributed by atoms with E-state index in [1.807, 2.05) is 30.3 Å². The molecule has 0 aliphatic heterocycles. The molecular formula is C16H15N3O2. The number of carbonyl (C=O) groups is 2. The van der Waals surface area contributed by atoms with E-state index in [0.29, 0.717) is 11.3 Å². The van der Waals surface area contributed by atoms with E-state index in [4.69, 9.17) is 5.73 Å². The fourth-order valence-corrected chi connectivity index (χ4v) is 2.30. The first kappa shape index (κ1) is 13.5. The van der Waals surface area contributed by atoms with E-state index in [9.17, 15) is 9.59 Å². The molecule has 1 amide bonds. The number of ketones is 1. The first-order valence-corrected chi connectivity index (χ1v) is 6.74. The van der Waals surface area contributed by atoms with Gasteiger partial charge in [-0.25, -0.2) is 4.98 Å². The highest BCUT2D eigenvalue weighted by molar-refractivity contribution is 6.09. The molecule has 2 aromatic rings. The molecule has 1 aromatic carbocycles. The van der Waals surface area contributed by atoms with Crippen molar-refractivity contribution in [2.45, 2.75) is 19.0 Å². The van der Waals surface area contributed by atoms with Gasteiger partial charge in [0.1, 0.15) is 6.04 Å². The summed E-state index contributed by atoms with van der Waals surface area (Å²) in [6.07, 6.45) is 3.40. The average molecular weight is 281 g/mol. The number of aromatic nitrogens is 1. The van der Waals surface area contributed by atoms with Crippen molar-refractivity contribution < 1.29 is 9.59 Å². The van der Waals surface area contributed by atoms with Crippen molar-refractivity contribution in [2.24, 2.45) is 5.73 Å². The van der Waals surface area contributed by atoms with Crippen LogP contribution >= 0.6 is 0 Å². The Labute approximate surface area is 121 Å². The van der Waals surface area contributed by atoms with E-state index in [1.165, 1.54) is 0 Å². The lowest BCUT2D eigenvalue weighted by Gasteiger charge is -2.20. The van der Waals surface area contributed by atoms with Crippen molar-refractivity contribution in [3.63, 3.8) is 0 Å². The lowest BCUT2D eigenvalue weighted by Crippen LogP contribution is -2.47. The Kier molecular flexibility index (Phi) is 3.27. The zero-order chi connectivity index (χ0) is 15.0. The predicted molar refractivity (Wildman–Crippen MR) is 80.7 cm³/mol. The standard InChI is InChI=1S/C16H15N3O2/c1-9(17)16(21)19-14-7-6-13-11(15(14)20)8-10-4-2-3-5-12(10)18-13/h2-9,14H,17H2,1H3,(H,19,21)/t9-,14?/m0/s1. The molecule has 0 radical (unpaired) electrons. The number of rotatable bonds is 2. The number of carbonyl (C=O) groups excluding carboxylic acids is 2. The van der Waals surface area contributed by atoms with E-state index < -0.39 is 12.1 Å². The summed E-state index contributed by atoms with van der Waals surface area (Å²) in [5.74, 6) is -0.519. The molecule has 1 aromatic heterocycles. The number of hydrogen-bond acceptors (Lipinski definition) is 4. The quantitative estimate of drug-likeness (QED) is 0.868. The molecule has 0 bridgehead atoms. The lowest BCUT2D eigenvalue weighted by atomic mass is 9.95. The minimum absolute atomic E-state index is 0.167. The smallest absolute Gasteiger partial charge is 0.237 e. The van der Waals surface area contributed by atoms with Crippen molar-refractivity contribution in [3.8, 4) is 0 Å². The summed E-state index contributed by atoms with van der Waals surface area (Å²) in [6.45, 7) is 1.58. The fraction of sp³-hybridized carbons (Fsp3) is 0.188. The summed E-state index contributed by atoms with van der Waals surface area (Å²) in [4.78, 5) is 28.6. The highest BCUT2D eigenvalue weighted by Crippen LogP contribution is 2.22. The van der Waals surface area contributed by atoms with E-state index >= 15 is 0 Å². The van der Waals surface area contributed by atoms with E-state index in [0.717, 1.165) is 10.9 Å². The van der Waals surface area contributed by atoms with Crippen LogP contribution in [0.4, 0.5) is 0 Å². The molecule has 0 spiro atoms. The molecule has 5 nitrogen and oxygen atoms in total. The molecule has 3 rings (SSSR count). The number of pyridine rings is 1. The van der Waals surface area contributed by atoms with Gasteiger partial charge in [-0.2, -0.15) is 0 Å². The number of fused-ring (bicyclic) bond motifs is 2. The minimum atomic E-state index is -0.682. The van der Waals surface area contributed by atoms with Gasteiger partial charge in [0.05, 0.1) is 17.3 Å². The van der Waals surface area contributed by atoms with Gasteiger partial charge in [-0.15, -0.1) is 0 Å². The highest BCUT2D eigenvalue weighted by Gasteiger charge is 2.26.